The molecule has 26 heavy (non-hydrogen) atoms. The number of piperidine rings is 1. The van der Waals surface area contributed by atoms with E-state index in [0.717, 1.165) is 56.0 Å². The van der Waals surface area contributed by atoms with Crippen LogP contribution in [0.5, 0.6) is 0 Å². The maximum atomic E-state index is 13.1. The van der Waals surface area contributed by atoms with Gasteiger partial charge in [0, 0.05) is 44.9 Å². The Morgan fingerprint density at radius 3 is 2.88 bits per heavy atom. The molecule has 0 saturated carbocycles. The third-order valence-corrected chi connectivity index (χ3v) is 6.18. The van der Waals surface area contributed by atoms with Crippen molar-refractivity contribution in [2.75, 3.05) is 52.5 Å². The van der Waals surface area contributed by atoms with Crippen LogP contribution in [0, 0.1) is 11.8 Å². The average molecular weight is 375 g/mol. The van der Waals surface area contributed by atoms with Crippen LogP contribution in [-0.4, -0.2) is 78.3 Å². The normalized spacial score (nSPS) is 24.9. The lowest BCUT2D eigenvalue weighted by Crippen LogP contribution is -2.49. The molecule has 1 aromatic carbocycles. The van der Waals surface area contributed by atoms with Gasteiger partial charge < -0.3 is 14.7 Å². The first-order valence-electron chi connectivity index (χ1n) is 9.26. The van der Waals surface area contributed by atoms with Gasteiger partial charge in [0.05, 0.1) is 28.9 Å². The molecule has 2 aliphatic heterocycles. The largest absolute Gasteiger partial charge is 0.396 e. The summed E-state index contributed by atoms with van der Waals surface area (Å²) in [5.41, 5.74) is 3.37. The molecule has 0 aliphatic carbocycles. The van der Waals surface area contributed by atoms with Gasteiger partial charge in [0.1, 0.15) is 0 Å². The van der Waals surface area contributed by atoms with Crippen LogP contribution in [0.15, 0.2) is 23.7 Å². The summed E-state index contributed by atoms with van der Waals surface area (Å²) in [7, 11) is 0. The fourth-order valence-corrected chi connectivity index (χ4v) is 4.73. The number of amides is 1. The van der Waals surface area contributed by atoms with Gasteiger partial charge in [0.15, 0.2) is 0 Å². The van der Waals surface area contributed by atoms with Gasteiger partial charge in [-0.15, -0.1) is 11.3 Å². The van der Waals surface area contributed by atoms with Gasteiger partial charge in [-0.05, 0) is 36.5 Å². The van der Waals surface area contributed by atoms with E-state index in [1.807, 2.05) is 23.1 Å². The molecule has 3 heterocycles. The number of thiazole rings is 1. The molecule has 1 amide bonds. The second-order valence-electron chi connectivity index (χ2n) is 7.31. The molecule has 2 aliphatic rings. The Hall–Kier alpha value is -1.54. The second-order valence-corrected chi connectivity index (χ2v) is 8.19. The zero-order valence-corrected chi connectivity index (χ0v) is 15.7. The number of morpholine rings is 1. The zero-order valence-electron chi connectivity index (χ0n) is 14.8. The number of carbonyl (C=O) groups is 1. The maximum Gasteiger partial charge on any atom is 0.253 e. The van der Waals surface area contributed by atoms with E-state index in [2.05, 4.69) is 9.88 Å². The lowest BCUT2D eigenvalue weighted by Gasteiger charge is -2.40. The van der Waals surface area contributed by atoms with Gasteiger partial charge in [-0.2, -0.15) is 0 Å². The Morgan fingerprint density at radius 1 is 1.27 bits per heavy atom. The molecule has 0 radical (unpaired) electrons. The summed E-state index contributed by atoms with van der Waals surface area (Å²) in [4.78, 5) is 21.7. The molecule has 140 valence electrons. The molecule has 1 N–H and O–H groups in total. The highest BCUT2D eigenvalue weighted by Gasteiger charge is 2.31. The Bertz CT molecular complexity index is 759. The molecule has 0 bridgehead atoms. The summed E-state index contributed by atoms with van der Waals surface area (Å²) >= 11 is 1.58. The van der Waals surface area contributed by atoms with Crippen LogP contribution in [-0.2, 0) is 4.74 Å². The van der Waals surface area contributed by atoms with Crippen LogP contribution < -0.4 is 0 Å². The highest BCUT2D eigenvalue weighted by Crippen LogP contribution is 2.26. The Balaban J connectivity index is 1.47. The number of aliphatic hydroxyl groups is 1. The summed E-state index contributed by atoms with van der Waals surface area (Å²) in [6.07, 6.45) is 0.975. The summed E-state index contributed by atoms with van der Waals surface area (Å²) in [6, 6.07) is 5.75. The standard InChI is InChI=1S/C19H25N3O3S/c23-12-15-7-14(9-21-3-5-25-6-4-21)10-22(11-15)19(24)16-1-2-18-17(8-16)20-13-26-18/h1-2,8,13-15,23H,3-7,9-12H2/t14-,15-/m1/s1. The summed E-state index contributed by atoms with van der Waals surface area (Å²) < 4.78 is 6.52. The minimum atomic E-state index is 0.0463. The number of aromatic nitrogens is 1. The number of nitrogens with zero attached hydrogens (tertiary/aromatic N) is 3. The molecule has 2 aromatic rings. The molecule has 2 saturated heterocycles. The number of hydrogen-bond acceptors (Lipinski definition) is 6. The molecular weight excluding hydrogens is 350 g/mol. The molecule has 6 nitrogen and oxygen atoms in total. The van der Waals surface area contributed by atoms with E-state index < -0.39 is 0 Å². The van der Waals surface area contributed by atoms with E-state index in [0.29, 0.717) is 18.0 Å². The van der Waals surface area contributed by atoms with Crippen molar-refractivity contribution in [2.45, 2.75) is 6.42 Å². The van der Waals surface area contributed by atoms with Crippen LogP contribution >= 0.6 is 11.3 Å². The maximum absolute atomic E-state index is 13.1. The van der Waals surface area contributed by atoms with Crippen molar-refractivity contribution >= 4 is 27.5 Å². The van der Waals surface area contributed by atoms with Crippen LogP contribution in [0.1, 0.15) is 16.8 Å². The Morgan fingerprint density at radius 2 is 2.08 bits per heavy atom. The summed E-state index contributed by atoms with van der Waals surface area (Å²) in [5, 5.41) is 9.72. The van der Waals surface area contributed by atoms with Gasteiger partial charge in [-0.3, -0.25) is 9.69 Å². The van der Waals surface area contributed by atoms with E-state index in [9.17, 15) is 9.90 Å². The molecule has 1 aromatic heterocycles. The number of carbonyl (C=O) groups excluding carboxylic acids is 1. The minimum absolute atomic E-state index is 0.0463. The van der Waals surface area contributed by atoms with E-state index in [1.165, 1.54) is 0 Å². The number of hydrogen-bond donors (Lipinski definition) is 1. The predicted molar refractivity (Wildman–Crippen MR) is 101 cm³/mol. The van der Waals surface area contributed by atoms with E-state index in [1.54, 1.807) is 16.8 Å². The molecule has 2 atom stereocenters. The fourth-order valence-electron chi connectivity index (χ4n) is 4.07. The van der Waals surface area contributed by atoms with Crippen molar-refractivity contribution in [3.63, 3.8) is 0 Å². The Labute approximate surface area is 157 Å². The van der Waals surface area contributed by atoms with Crippen molar-refractivity contribution in [1.29, 1.82) is 0 Å². The topological polar surface area (TPSA) is 65.9 Å². The first-order valence-corrected chi connectivity index (χ1v) is 10.1. The van der Waals surface area contributed by atoms with E-state index in [-0.39, 0.29) is 18.4 Å². The number of likely N-dealkylation sites (tertiary alicyclic amines) is 1. The highest BCUT2D eigenvalue weighted by molar-refractivity contribution is 7.16. The van der Waals surface area contributed by atoms with E-state index in [4.69, 9.17) is 4.74 Å². The SMILES string of the molecule is O=C(c1ccc2scnc2c1)N1C[C@H](CO)C[C@H](CN2CCOCC2)C1. The molecular formula is C19H25N3O3S. The summed E-state index contributed by atoms with van der Waals surface area (Å²) in [5.74, 6) is 0.595. The van der Waals surface area contributed by atoms with Crippen molar-refractivity contribution in [2.24, 2.45) is 11.8 Å². The molecule has 4 rings (SSSR count). The predicted octanol–water partition coefficient (Wildman–Crippen LogP) is 1.70. The first-order chi connectivity index (χ1) is 12.7. The summed E-state index contributed by atoms with van der Waals surface area (Å²) in [6.45, 7) is 5.96. The molecule has 2 fully saturated rings. The van der Waals surface area contributed by atoms with Gasteiger partial charge in [-0.25, -0.2) is 4.98 Å². The molecule has 0 spiro atoms. The van der Waals surface area contributed by atoms with Crippen LogP contribution in [0.25, 0.3) is 10.2 Å². The number of ether oxygens (including phenoxy) is 1. The first kappa shape index (κ1) is 17.9. The third kappa shape index (κ3) is 3.91. The smallest absolute Gasteiger partial charge is 0.253 e. The van der Waals surface area contributed by atoms with Crippen molar-refractivity contribution in [1.82, 2.24) is 14.8 Å². The van der Waals surface area contributed by atoms with Gasteiger partial charge in [0.2, 0.25) is 0 Å². The number of rotatable bonds is 4. The number of benzene rings is 1. The van der Waals surface area contributed by atoms with Gasteiger partial charge in [0.25, 0.3) is 5.91 Å². The second kappa shape index (κ2) is 8.00. The lowest BCUT2D eigenvalue weighted by atomic mass is 9.88. The van der Waals surface area contributed by atoms with Gasteiger partial charge in [-0.1, -0.05) is 0 Å². The Kier molecular flexibility index (Phi) is 5.49. The fraction of sp³-hybridized carbons (Fsp3) is 0.579. The molecule has 7 heteroatoms. The van der Waals surface area contributed by atoms with Crippen LogP contribution in [0.3, 0.4) is 0 Å². The monoisotopic (exact) mass is 375 g/mol. The van der Waals surface area contributed by atoms with Crippen LogP contribution in [0.2, 0.25) is 0 Å². The van der Waals surface area contributed by atoms with Gasteiger partial charge >= 0.3 is 0 Å². The van der Waals surface area contributed by atoms with Crippen molar-refractivity contribution < 1.29 is 14.6 Å². The highest BCUT2D eigenvalue weighted by atomic mass is 32.1. The minimum Gasteiger partial charge on any atom is -0.396 e. The average Bonchev–Trinajstić information content (AvgIpc) is 3.15. The van der Waals surface area contributed by atoms with Crippen molar-refractivity contribution in [3.05, 3.63) is 29.3 Å². The quantitative estimate of drug-likeness (QED) is 0.881. The number of fused-ring (bicyclic) bond motifs is 1. The van der Waals surface area contributed by atoms with Crippen molar-refractivity contribution in [3.8, 4) is 0 Å². The third-order valence-electron chi connectivity index (χ3n) is 5.37. The van der Waals surface area contributed by atoms with Crippen LogP contribution in [0.4, 0.5) is 0 Å². The zero-order chi connectivity index (χ0) is 17.9. The number of aliphatic hydroxyl groups excluding tert-OH is 1. The lowest BCUT2D eigenvalue weighted by molar-refractivity contribution is 0.0130. The molecule has 0 unspecified atom stereocenters. The van der Waals surface area contributed by atoms with E-state index >= 15 is 0 Å².